The number of aliphatic hydroxyl groups is 1. The number of halogens is 1. The average molecular weight is 240 g/mol. The molecule has 1 aromatic carbocycles. The lowest BCUT2D eigenvalue weighted by atomic mass is 9.94. The second-order valence-electron chi connectivity index (χ2n) is 4.63. The van der Waals surface area contributed by atoms with Crippen LogP contribution in [0.2, 0.25) is 0 Å². The van der Waals surface area contributed by atoms with Gasteiger partial charge in [-0.25, -0.2) is 4.39 Å². The van der Waals surface area contributed by atoms with Crippen molar-refractivity contribution in [2.75, 3.05) is 6.61 Å². The van der Waals surface area contributed by atoms with Crippen LogP contribution >= 0.6 is 0 Å². The molecular formula is C14H21FO2. The van der Waals surface area contributed by atoms with E-state index in [-0.39, 0.29) is 17.8 Å². The van der Waals surface area contributed by atoms with Gasteiger partial charge in [-0.1, -0.05) is 31.5 Å². The SMILES string of the molecule is CCOC(C(C)C)C(O)c1cc(C)ccc1F. The fraction of sp³-hybridized carbons (Fsp3) is 0.571. The zero-order valence-corrected chi connectivity index (χ0v) is 10.9. The summed E-state index contributed by atoms with van der Waals surface area (Å²) in [6.07, 6.45) is -1.30. The lowest BCUT2D eigenvalue weighted by Crippen LogP contribution is -2.28. The molecule has 0 saturated heterocycles. The van der Waals surface area contributed by atoms with Crippen molar-refractivity contribution in [1.29, 1.82) is 0 Å². The van der Waals surface area contributed by atoms with Crippen molar-refractivity contribution in [2.45, 2.75) is 39.9 Å². The predicted molar refractivity (Wildman–Crippen MR) is 66.3 cm³/mol. The van der Waals surface area contributed by atoms with Crippen LogP contribution < -0.4 is 0 Å². The van der Waals surface area contributed by atoms with Gasteiger partial charge in [0.1, 0.15) is 11.9 Å². The summed E-state index contributed by atoms with van der Waals surface area (Å²) in [5.74, 6) is -0.252. The molecule has 96 valence electrons. The maximum atomic E-state index is 13.7. The van der Waals surface area contributed by atoms with Crippen molar-refractivity contribution in [3.8, 4) is 0 Å². The second kappa shape index (κ2) is 6.12. The van der Waals surface area contributed by atoms with E-state index < -0.39 is 6.10 Å². The van der Waals surface area contributed by atoms with Gasteiger partial charge in [-0.15, -0.1) is 0 Å². The number of hydrogen-bond donors (Lipinski definition) is 1. The van der Waals surface area contributed by atoms with Gasteiger partial charge in [0.15, 0.2) is 0 Å². The predicted octanol–water partition coefficient (Wildman–Crippen LogP) is 3.23. The Balaban J connectivity index is 2.99. The Morgan fingerprint density at radius 2 is 2.00 bits per heavy atom. The minimum Gasteiger partial charge on any atom is -0.386 e. The van der Waals surface area contributed by atoms with Gasteiger partial charge in [0.05, 0.1) is 6.10 Å². The smallest absolute Gasteiger partial charge is 0.129 e. The van der Waals surface area contributed by atoms with E-state index in [1.54, 1.807) is 12.1 Å². The van der Waals surface area contributed by atoms with Gasteiger partial charge in [-0.05, 0) is 25.8 Å². The molecule has 0 aliphatic carbocycles. The Morgan fingerprint density at radius 1 is 1.35 bits per heavy atom. The Morgan fingerprint density at radius 3 is 2.53 bits per heavy atom. The van der Waals surface area contributed by atoms with Crippen LogP contribution in [0.3, 0.4) is 0 Å². The van der Waals surface area contributed by atoms with E-state index in [0.29, 0.717) is 12.2 Å². The minimum atomic E-state index is -0.921. The number of hydrogen-bond acceptors (Lipinski definition) is 2. The van der Waals surface area contributed by atoms with E-state index in [1.165, 1.54) is 6.07 Å². The highest BCUT2D eigenvalue weighted by atomic mass is 19.1. The van der Waals surface area contributed by atoms with E-state index in [1.807, 2.05) is 27.7 Å². The molecule has 0 radical (unpaired) electrons. The van der Waals surface area contributed by atoms with Crippen LogP contribution in [0.5, 0.6) is 0 Å². The first-order chi connectivity index (χ1) is 7.97. The normalized spacial score (nSPS) is 15.0. The molecule has 0 saturated carbocycles. The van der Waals surface area contributed by atoms with Gasteiger partial charge in [0.2, 0.25) is 0 Å². The number of aryl methyl sites for hydroxylation is 1. The molecule has 0 spiro atoms. The van der Waals surface area contributed by atoms with Crippen LogP contribution in [0.25, 0.3) is 0 Å². The molecular weight excluding hydrogens is 219 g/mol. The second-order valence-corrected chi connectivity index (χ2v) is 4.63. The fourth-order valence-corrected chi connectivity index (χ4v) is 1.91. The third-order valence-corrected chi connectivity index (χ3v) is 2.80. The molecule has 2 unspecified atom stereocenters. The van der Waals surface area contributed by atoms with Crippen molar-refractivity contribution in [3.05, 3.63) is 35.1 Å². The largest absolute Gasteiger partial charge is 0.386 e. The number of ether oxygens (including phenoxy) is 1. The molecule has 1 rings (SSSR count). The highest BCUT2D eigenvalue weighted by molar-refractivity contribution is 5.26. The Labute approximate surface area is 102 Å². The molecule has 1 N–H and O–H groups in total. The molecule has 0 bridgehead atoms. The molecule has 0 heterocycles. The summed E-state index contributed by atoms with van der Waals surface area (Å²) in [6.45, 7) is 8.16. The zero-order valence-electron chi connectivity index (χ0n) is 10.9. The van der Waals surface area contributed by atoms with Crippen LogP contribution in [0.1, 0.15) is 38.0 Å². The van der Waals surface area contributed by atoms with E-state index in [0.717, 1.165) is 5.56 Å². The third kappa shape index (κ3) is 3.51. The summed E-state index contributed by atoms with van der Waals surface area (Å²) >= 11 is 0. The van der Waals surface area contributed by atoms with Crippen LogP contribution in [-0.4, -0.2) is 17.8 Å². The summed E-state index contributed by atoms with van der Waals surface area (Å²) in [5.41, 5.74) is 1.25. The van der Waals surface area contributed by atoms with Crippen molar-refractivity contribution in [1.82, 2.24) is 0 Å². The summed E-state index contributed by atoms with van der Waals surface area (Å²) in [4.78, 5) is 0. The standard InChI is InChI=1S/C14H21FO2/c1-5-17-14(9(2)3)13(16)11-8-10(4)6-7-12(11)15/h6-9,13-14,16H,5H2,1-4H3. The molecule has 2 atom stereocenters. The zero-order chi connectivity index (χ0) is 13.0. The van der Waals surface area contributed by atoms with Crippen LogP contribution in [0, 0.1) is 18.7 Å². The monoisotopic (exact) mass is 240 g/mol. The highest BCUT2D eigenvalue weighted by Crippen LogP contribution is 2.27. The van der Waals surface area contributed by atoms with Crippen LogP contribution in [0.15, 0.2) is 18.2 Å². The lowest BCUT2D eigenvalue weighted by Gasteiger charge is -2.26. The summed E-state index contributed by atoms with van der Waals surface area (Å²) < 4.78 is 19.2. The summed E-state index contributed by atoms with van der Waals surface area (Å²) in [6, 6.07) is 4.75. The molecule has 17 heavy (non-hydrogen) atoms. The number of rotatable bonds is 5. The first-order valence-corrected chi connectivity index (χ1v) is 6.03. The van der Waals surface area contributed by atoms with Crippen molar-refractivity contribution in [2.24, 2.45) is 5.92 Å². The molecule has 0 amide bonds. The van der Waals surface area contributed by atoms with Gasteiger partial charge < -0.3 is 9.84 Å². The molecule has 0 aromatic heterocycles. The van der Waals surface area contributed by atoms with Crippen LogP contribution in [-0.2, 0) is 4.74 Å². The molecule has 2 nitrogen and oxygen atoms in total. The molecule has 0 aliphatic rings. The summed E-state index contributed by atoms with van der Waals surface area (Å²) in [7, 11) is 0. The number of aliphatic hydroxyl groups excluding tert-OH is 1. The fourth-order valence-electron chi connectivity index (χ4n) is 1.91. The highest BCUT2D eigenvalue weighted by Gasteiger charge is 2.26. The van der Waals surface area contributed by atoms with E-state index >= 15 is 0 Å². The van der Waals surface area contributed by atoms with Gasteiger partial charge in [-0.3, -0.25) is 0 Å². The van der Waals surface area contributed by atoms with Crippen molar-refractivity contribution in [3.63, 3.8) is 0 Å². The van der Waals surface area contributed by atoms with E-state index in [9.17, 15) is 9.50 Å². The van der Waals surface area contributed by atoms with Crippen LogP contribution in [0.4, 0.5) is 4.39 Å². The maximum Gasteiger partial charge on any atom is 0.129 e. The lowest BCUT2D eigenvalue weighted by molar-refractivity contribution is -0.0597. The molecule has 1 aromatic rings. The Kier molecular flexibility index (Phi) is 5.09. The summed E-state index contributed by atoms with van der Waals surface area (Å²) in [5, 5.41) is 10.2. The van der Waals surface area contributed by atoms with Gasteiger partial charge in [-0.2, -0.15) is 0 Å². The van der Waals surface area contributed by atoms with Gasteiger partial charge in [0.25, 0.3) is 0 Å². The first kappa shape index (κ1) is 14.1. The van der Waals surface area contributed by atoms with Gasteiger partial charge >= 0.3 is 0 Å². The van der Waals surface area contributed by atoms with Gasteiger partial charge in [0, 0.05) is 12.2 Å². The Hall–Kier alpha value is -0.930. The third-order valence-electron chi connectivity index (χ3n) is 2.80. The van der Waals surface area contributed by atoms with Crippen molar-refractivity contribution < 1.29 is 14.2 Å². The molecule has 0 fully saturated rings. The molecule has 0 aliphatic heterocycles. The molecule has 3 heteroatoms. The maximum absolute atomic E-state index is 13.7. The quantitative estimate of drug-likeness (QED) is 0.856. The van der Waals surface area contributed by atoms with E-state index in [2.05, 4.69) is 0 Å². The van der Waals surface area contributed by atoms with E-state index in [4.69, 9.17) is 4.74 Å². The minimum absolute atomic E-state index is 0.130. The first-order valence-electron chi connectivity index (χ1n) is 6.03. The van der Waals surface area contributed by atoms with Crippen molar-refractivity contribution >= 4 is 0 Å². The average Bonchev–Trinajstić information content (AvgIpc) is 2.28. The number of benzene rings is 1. The Bertz CT molecular complexity index is 363. The topological polar surface area (TPSA) is 29.5 Å².